The fourth-order valence-electron chi connectivity index (χ4n) is 3.01. The zero-order valence-corrected chi connectivity index (χ0v) is 17.2. The minimum absolute atomic E-state index is 0.145. The number of carbonyl (C=O) groups is 2. The lowest BCUT2D eigenvalue weighted by atomic mass is 9.91. The van der Waals surface area contributed by atoms with Crippen molar-refractivity contribution in [3.63, 3.8) is 0 Å². The molecule has 2 aliphatic rings. The SMILES string of the molecule is CC1(C)OCC(C(CC(=O)COC(=O)C(F)(F)S(=O)(=O)O)C2COC(C)(C)O2)O1. The minimum atomic E-state index is -6.02. The Morgan fingerprint density at radius 1 is 1.10 bits per heavy atom. The molecular formula is C16H24F2O10S. The summed E-state index contributed by atoms with van der Waals surface area (Å²) in [7, 11) is -6.02. The van der Waals surface area contributed by atoms with E-state index in [0.29, 0.717) is 0 Å². The van der Waals surface area contributed by atoms with Crippen LogP contribution >= 0.6 is 0 Å². The largest absolute Gasteiger partial charge is 0.465 e. The van der Waals surface area contributed by atoms with Crippen molar-refractivity contribution < 1.29 is 55.0 Å². The molecule has 0 radical (unpaired) electrons. The van der Waals surface area contributed by atoms with Crippen LogP contribution < -0.4 is 0 Å². The Hall–Kier alpha value is -1.25. The molecule has 0 saturated carbocycles. The summed E-state index contributed by atoms with van der Waals surface area (Å²) in [5, 5.41) is -5.18. The lowest BCUT2D eigenvalue weighted by Gasteiger charge is -2.28. The second-order valence-corrected chi connectivity index (χ2v) is 9.17. The molecule has 2 aliphatic heterocycles. The molecular weight excluding hydrogens is 422 g/mol. The van der Waals surface area contributed by atoms with Crippen molar-refractivity contribution in [2.75, 3.05) is 19.8 Å². The highest BCUT2D eigenvalue weighted by atomic mass is 32.2. The number of Topliss-reactive ketones (excluding diaryl/α,β-unsaturated/α-hetero) is 1. The van der Waals surface area contributed by atoms with Gasteiger partial charge < -0.3 is 23.7 Å². The average molecular weight is 446 g/mol. The Labute approximate surface area is 166 Å². The third kappa shape index (κ3) is 5.89. The average Bonchev–Trinajstić information content (AvgIpc) is 3.10. The smallest absolute Gasteiger partial charge is 0.452 e. The van der Waals surface area contributed by atoms with Crippen molar-refractivity contribution in [1.29, 1.82) is 0 Å². The molecule has 168 valence electrons. The van der Waals surface area contributed by atoms with E-state index < -0.39 is 63.4 Å². The second kappa shape index (κ2) is 8.12. The van der Waals surface area contributed by atoms with Crippen LogP contribution in [-0.4, -0.2) is 73.6 Å². The molecule has 2 unspecified atom stereocenters. The molecule has 0 aromatic heterocycles. The molecule has 0 amide bonds. The lowest BCUT2D eigenvalue weighted by molar-refractivity contribution is -0.170. The molecule has 29 heavy (non-hydrogen) atoms. The molecule has 0 bridgehead atoms. The maximum absolute atomic E-state index is 13.2. The number of esters is 1. The first kappa shape index (κ1) is 24.0. The van der Waals surface area contributed by atoms with Crippen LogP contribution in [0.5, 0.6) is 0 Å². The van der Waals surface area contributed by atoms with Crippen molar-refractivity contribution in [1.82, 2.24) is 0 Å². The van der Waals surface area contributed by atoms with Crippen LogP contribution in [0.4, 0.5) is 8.78 Å². The van der Waals surface area contributed by atoms with Gasteiger partial charge in [-0.15, -0.1) is 0 Å². The fourth-order valence-corrected chi connectivity index (χ4v) is 3.28. The van der Waals surface area contributed by atoms with Crippen molar-refractivity contribution in [3.8, 4) is 0 Å². The van der Waals surface area contributed by atoms with Crippen LogP contribution in [0.1, 0.15) is 34.1 Å². The molecule has 2 rings (SSSR count). The number of alkyl halides is 2. The van der Waals surface area contributed by atoms with Crippen molar-refractivity contribution in [2.45, 2.75) is 63.2 Å². The molecule has 0 aliphatic carbocycles. The Balaban J connectivity index is 2.03. The molecule has 0 aromatic carbocycles. The highest BCUT2D eigenvalue weighted by Crippen LogP contribution is 2.36. The number of ether oxygens (including phenoxy) is 5. The van der Waals surface area contributed by atoms with E-state index in [1.165, 1.54) is 0 Å². The maximum Gasteiger partial charge on any atom is 0.465 e. The highest BCUT2D eigenvalue weighted by molar-refractivity contribution is 7.87. The summed E-state index contributed by atoms with van der Waals surface area (Å²) in [5.41, 5.74) is 0. The van der Waals surface area contributed by atoms with Crippen LogP contribution in [-0.2, 0) is 43.4 Å². The standard InChI is InChI=1S/C16H24F2O10S/c1-14(2)25-7-11(27-14)10(12-8-26-15(3,4)28-12)5-9(19)6-24-13(20)16(17,18)29(21,22)23/h10-12H,5-8H2,1-4H3,(H,21,22,23). The Kier molecular flexibility index (Phi) is 6.72. The predicted octanol–water partition coefficient (Wildman–Crippen LogP) is 0.889. The van der Waals surface area contributed by atoms with E-state index in [9.17, 15) is 26.8 Å². The van der Waals surface area contributed by atoms with E-state index in [2.05, 4.69) is 4.74 Å². The van der Waals surface area contributed by atoms with Crippen molar-refractivity contribution in [2.24, 2.45) is 5.92 Å². The van der Waals surface area contributed by atoms with Gasteiger partial charge in [0, 0.05) is 12.3 Å². The van der Waals surface area contributed by atoms with Gasteiger partial charge in [0.05, 0.1) is 25.4 Å². The topological polar surface area (TPSA) is 135 Å². The number of rotatable bonds is 8. The molecule has 2 fully saturated rings. The van der Waals surface area contributed by atoms with E-state index in [-0.39, 0.29) is 19.6 Å². The van der Waals surface area contributed by atoms with E-state index in [0.717, 1.165) is 0 Å². The van der Waals surface area contributed by atoms with Gasteiger partial charge in [0.1, 0.15) is 6.61 Å². The number of halogens is 2. The first-order chi connectivity index (χ1) is 13.0. The van der Waals surface area contributed by atoms with Gasteiger partial charge in [-0.3, -0.25) is 9.35 Å². The van der Waals surface area contributed by atoms with Gasteiger partial charge in [-0.05, 0) is 27.7 Å². The van der Waals surface area contributed by atoms with Gasteiger partial charge in [-0.2, -0.15) is 17.2 Å². The highest BCUT2D eigenvalue weighted by Gasteiger charge is 2.54. The van der Waals surface area contributed by atoms with Crippen molar-refractivity contribution in [3.05, 3.63) is 0 Å². The van der Waals surface area contributed by atoms with Gasteiger partial charge >= 0.3 is 21.3 Å². The third-order valence-corrected chi connectivity index (χ3v) is 5.22. The molecule has 10 nitrogen and oxygen atoms in total. The van der Waals surface area contributed by atoms with Gasteiger partial charge in [-0.25, -0.2) is 4.79 Å². The van der Waals surface area contributed by atoms with Gasteiger partial charge in [0.25, 0.3) is 0 Å². The second-order valence-electron chi connectivity index (χ2n) is 7.71. The molecule has 0 aromatic rings. The number of ketones is 1. The number of hydrogen-bond donors (Lipinski definition) is 1. The number of carbonyl (C=O) groups excluding carboxylic acids is 2. The van der Waals surface area contributed by atoms with Gasteiger partial charge in [-0.1, -0.05) is 0 Å². The van der Waals surface area contributed by atoms with Crippen LogP contribution in [0.3, 0.4) is 0 Å². The van der Waals surface area contributed by atoms with Gasteiger partial charge in [0.15, 0.2) is 17.4 Å². The van der Waals surface area contributed by atoms with Crippen LogP contribution in [0.2, 0.25) is 0 Å². The first-order valence-corrected chi connectivity index (χ1v) is 10.2. The minimum Gasteiger partial charge on any atom is -0.452 e. The van der Waals surface area contributed by atoms with E-state index in [1.54, 1.807) is 27.7 Å². The quantitative estimate of drug-likeness (QED) is 0.423. The Bertz CT molecular complexity index is 723. The lowest BCUT2D eigenvalue weighted by Crippen LogP contribution is -2.41. The monoisotopic (exact) mass is 446 g/mol. The number of hydrogen-bond acceptors (Lipinski definition) is 9. The predicted molar refractivity (Wildman–Crippen MR) is 90.4 cm³/mol. The summed E-state index contributed by atoms with van der Waals surface area (Å²) in [4.78, 5) is 23.5. The van der Waals surface area contributed by atoms with E-state index >= 15 is 0 Å². The molecule has 2 saturated heterocycles. The summed E-state index contributed by atoms with van der Waals surface area (Å²) >= 11 is 0. The normalized spacial score (nSPS) is 27.6. The van der Waals surface area contributed by atoms with Crippen molar-refractivity contribution >= 4 is 21.9 Å². The first-order valence-electron chi connectivity index (χ1n) is 8.71. The van der Waals surface area contributed by atoms with Crippen LogP contribution in [0, 0.1) is 5.92 Å². The third-order valence-electron chi connectivity index (χ3n) is 4.41. The Morgan fingerprint density at radius 2 is 1.55 bits per heavy atom. The summed E-state index contributed by atoms with van der Waals surface area (Å²) < 4.78 is 82.5. The van der Waals surface area contributed by atoms with E-state index in [4.69, 9.17) is 23.5 Å². The fraction of sp³-hybridized carbons (Fsp3) is 0.875. The molecule has 0 spiro atoms. The van der Waals surface area contributed by atoms with Gasteiger partial charge in [0.2, 0.25) is 0 Å². The summed E-state index contributed by atoms with van der Waals surface area (Å²) in [6.07, 6.45) is -1.45. The molecule has 1 N–H and O–H groups in total. The summed E-state index contributed by atoms with van der Waals surface area (Å²) in [6.45, 7) is 5.90. The molecule has 13 heteroatoms. The van der Waals surface area contributed by atoms with Crippen LogP contribution in [0.25, 0.3) is 0 Å². The molecule has 2 heterocycles. The summed E-state index contributed by atoms with van der Waals surface area (Å²) in [5.74, 6) is -5.73. The Morgan fingerprint density at radius 3 is 1.90 bits per heavy atom. The van der Waals surface area contributed by atoms with E-state index in [1.807, 2.05) is 0 Å². The summed E-state index contributed by atoms with van der Waals surface area (Å²) in [6, 6.07) is 0. The zero-order valence-electron chi connectivity index (χ0n) is 16.3. The van der Waals surface area contributed by atoms with Crippen LogP contribution in [0.15, 0.2) is 0 Å². The molecule has 2 atom stereocenters. The maximum atomic E-state index is 13.2. The zero-order chi connectivity index (χ0) is 22.3.